The maximum absolute atomic E-state index is 13.0. The van der Waals surface area contributed by atoms with Crippen LogP contribution >= 0.6 is 11.6 Å². The summed E-state index contributed by atoms with van der Waals surface area (Å²) in [4.78, 5) is 12.0. The second kappa shape index (κ2) is 5.19. The molecule has 0 atom stereocenters. The van der Waals surface area contributed by atoms with Crippen LogP contribution in [0.3, 0.4) is 0 Å². The number of rotatable bonds is 3. The lowest BCUT2D eigenvalue weighted by Crippen LogP contribution is -2.07. The van der Waals surface area contributed by atoms with Gasteiger partial charge in [-0.1, -0.05) is 23.7 Å². The van der Waals surface area contributed by atoms with Crippen LogP contribution in [0.4, 0.5) is 10.1 Å². The first-order valence-electron chi connectivity index (χ1n) is 5.39. The van der Waals surface area contributed by atoms with Crippen molar-refractivity contribution in [3.8, 4) is 0 Å². The zero-order valence-electron chi connectivity index (χ0n) is 9.49. The second-order valence-corrected chi connectivity index (χ2v) is 4.40. The van der Waals surface area contributed by atoms with Gasteiger partial charge in [-0.3, -0.25) is 4.79 Å². The number of hydrogen-bond acceptors (Lipinski definition) is 2. The maximum Gasteiger partial charge on any atom is 0.169 e. The van der Waals surface area contributed by atoms with Gasteiger partial charge < -0.3 is 5.73 Å². The molecule has 0 aromatic heterocycles. The molecule has 2 aromatic carbocycles. The van der Waals surface area contributed by atoms with Crippen LogP contribution in [0, 0.1) is 5.82 Å². The molecule has 18 heavy (non-hydrogen) atoms. The van der Waals surface area contributed by atoms with E-state index >= 15 is 0 Å². The molecule has 0 fully saturated rings. The van der Waals surface area contributed by atoms with E-state index in [1.807, 2.05) is 0 Å². The number of anilines is 1. The molecular weight excluding hydrogens is 253 g/mol. The van der Waals surface area contributed by atoms with Crippen LogP contribution in [-0.2, 0) is 6.42 Å². The first-order chi connectivity index (χ1) is 8.56. The molecule has 0 heterocycles. The smallest absolute Gasteiger partial charge is 0.169 e. The Bertz CT molecular complexity index is 598. The number of ketones is 1. The van der Waals surface area contributed by atoms with E-state index in [0.717, 1.165) is 0 Å². The molecule has 2 N–H and O–H groups in total. The lowest BCUT2D eigenvalue weighted by molar-refractivity contribution is 0.0994. The van der Waals surface area contributed by atoms with Gasteiger partial charge in [0.1, 0.15) is 5.82 Å². The van der Waals surface area contributed by atoms with Gasteiger partial charge in [0.2, 0.25) is 0 Å². The van der Waals surface area contributed by atoms with E-state index < -0.39 is 0 Å². The fourth-order valence-corrected chi connectivity index (χ4v) is 1.90. The quantitative estimate of drug-likeness (QED) is 0.680. The number of hydrogen-bond donors (Lipinski definition) is 1. The van der Waals surface area contributed by atoms with E-state index in [4.69, 9.17) is 17.3 Å². The molecule has 0 bridgehead atoms. The molecule has 0 amide bonds. The fourth-order valence-electron chi connectivity index (χ4n) is 1.72. The summed E-state index contributed by atoms with van der Waals surface area (Å²) in [6.45, 7) is 0. The lowest BCUT2D eigenvalue weighted by atomic mass is 10.0. The van der Waals surface area contributed by atoms with Gasteiger partial charge in [0.05, 0.1) is 0 Å². The van der Waals surface area contributed by atoms with Gasteiger partial charge in [-0.25, -0.2) is 4.39 Å². The molecule has 92 valence electrons. The van der Waals surface area contributed by atoms with Crippen molar-refractivity contribution < 1.29 is 9.18 Å². The molecule has 0 saturated carbocycles. The highest BCUT2D eigenvalue weighted by Gasteiger charge is 2.11. The van der Waals surface area contributed by atoms with Gasteiger partial charge in [-0.15, -0.1) is 0 Å². The van der Waals surface area contributed by atoms with Crippen LogP contribution in [0.2, 0.25) is 5.02 Å². The third-order valence-electron chi connectivity index (χ3n) is 2.57. The average molecular weight is 264 g/mol. The van der Waals surface area contributed by atoms with Crippen molar-refractivity contribution in [2.45, 2.75) is 6.42 Å². The summed E-state index contributed by atoms with van der Waals surface area (Å²) < 4.78 is 13.0. The van der Waals surface area contributed by atoms with Gasteiger partial charge in [0.15, 0.2) is 5.78 Å². The Balaban J connectivity index is 2.22. The molecule has 2 nitrogen and oxygen atoms in total. The Kier molecular flexibility index (Phi) is 3.63. The summed E-state index contributed by atoms with van der Waals surface area (Å²) >= 11 is 5.76. The number of carbonyl (C=O) groups excluding carboxylic acids is 1. The van der Waals surface area contributed by atoms with Crippen LogP contribution in [0.15, 0.2) is 42.5 Å². The zero-order chi connectivity index (χ0) is 13.1. The molecule has 0 radical (unpaired) electrons. The first-order valence-corrected chi connectivity index (χ1v) is 5.77. The van der Waals surface area contributed by atoms with Crippen molar-refractivity contribution in [2.24, 2.45) is 0 Å². The van der Waals surface area contributed by atoms with E-state index in [0.29, 0.717) is 21.8 Å². The topological polar surface area (TPSA) is 43.1 Å². The summed E-state index contributed by atoms with van der Waals surface area (Å²) in [6.07, 6.45) is 0.115. The predicted molar refractivity (Wildman–Crippen MR) is 70.3 cm³/mol. The largest absolute Gasteiger partial charge is 0.398 e. The third kappa shape index (κ3) is 2.87. The van der Waals surface area contributed by atoms with Gasteiger partial charge >= 0.3 is 0 Å². The molecule has 0 aliphatic carbocycles. The minimum absolute atomic E-state index is 0.115. The van der Waals surface area contributed by atoms with E-state index in [9.17, 15) is 9.18 Å². The summed E-state index contributed by atoms with van der Waals surface area (Å²) in [5.41, 5.74) is 7.09. The van der Waals surface area contributed by atoms with Gasteiger partial charge in [0, 0.05) is 22.7 Å². The highest BCUT2D eigenvalue weighted by Crippen LogP contribution is 2.20. The standard InChI is InChI=1S/C14H11ClFNO/c15-10-4-5-12(13(17)8-10)14(18)7-9-2-1-3-11(16)6-9/h1-6,8H,7,17H2. The van der Waals surface area contributed by atoms with Gasteiger partial charge in [0.25, 0.3) is 0 Å². The van der Waals surface area contributed by atoms with E-state index in [1.165, 1.54) is 18.2 Å². The lowest BCUT2D eigenvalue weighted by Gasteiger charge is -2.05. The SMILES string of the molecule is Nc1cc(Cl)ccc1C(=O)Cc1cccc(F)c1. The van der Waals surface area contributed by atoms with E-state index in [1.54, 1.807) is 24.3 Å². The number of carbonyl (C=O) groups is 1. The normalized spacial score (nSPS) is 10.3. The van der Waals surface area contributed by atoms with Crippen LogP contribution in [0.25, 0.3) is 0 Å². The Morgan fingerprint density at radius 2 is 2.00 bits per heavy atom. The van der Waals surface area contributed by atoms with Crippen LogP contribution in [-0.4, -0.2) is 5.78 Å². The Morgan fingerprint density at radius 1 is 1.22 bits per heavy atom. The van der Waals surface area contributed by atoms with Crippen LogP contribution in [0.5, 0.6) is 0 Å². The number of halogens is 2. The van der Waals surface area contributed by atoms with Crippen LogP contribution in [0.1, 0.15) is 15.9 Å². The molecule has 0 aliphatic heterocycles. The summed E-state index contributed by atoms with van der Waals surface area (Å²) in [5, 5.41) is 0.481. The summed E-state index contributed by atoms with van der Waals surface area (Å²) in [6, 6.07) is 10.7. The molecular formula is C14H11ClFNO. The van der Waals surface area contributed by atoms with E-state index in [2.05, 4.69) is 0 Å². The molecule has 2 aromatic rings. The molecule has 0 unspecified atom stereocenters. The molecule has 4 heteroatoms. The van der Waals surface area contributed by atoms with Gasteiger partial charge in [-0.2, -0.15) is 0 Å². The number of Topliss-reactive ketones (excluding diaryl/α,β-unsaturated/α-hetero) is 1. The average Bonchev–Trinajstić information content (AvgIpc) is 2.28. The third-order valence-corrected chi connectivity index (χ3v) is 2.80. The number of benzene rings is 2. The fraction of sp³-hybridized carbons (Fsp3) is 0.0714. The monoisotopic (exact) mass is 263 g/mol. The van der Waals surface area contributed by atoms with E-state index in [-0.39, 0.29) is 18.0 Å². The van der Waals surface area contributed by atoms with Crippen LogP contribution < -0.4 is 5.73 Å². The summed E-state index contributed by atoms with van der Waals surface area (Å²) in [5.74, 6) is -0.515. The Labute approximate surface area is 109 Å². The van der Waals surface area contributed by atoms with Crippen molar-refractivity contribution in [3.05, 3.63) is 64.4 Å². The Hall–Kier alpha value is -1.87. The van der Waals surface area contributed by atoms with Gasteiger partial charge in [-0.05, 0) is 35.9 Å². The maximum atomic E-state index is 13.0. The predicted octanol–water partition coefficient (Wildman–Crippen LogP) is 3.49. The zero-order valence-corrected chi connectivity index (χ0v) is 10.2. The molecule has 0 spiro atoms. The van der Waals surface area contributed by atoms with Crippen molar-refractivity contribution >= 4 is 23.1 Å². The van der Waals surface area contributed by atoms with Crippen molar-refractivity contribution in [2.75, 3.05) is 5.73 Å². The Morgan fingerprint density at radius 3 is 2.67 bits per heavy atom. The van der Waals surface area contributed by atoms with Crippen molar-refractivity contribution in [1.29, 1.82) is 0 Å². The summed E-state index contributed by atoms with van der Waals surface area (Å²) in [7, 11) is 0. The minimum Gasteiger partial charge on any atom is -0.398 e. The first kappa shape index (κ1) is 12.6. The highest BCUT2D eigenvalue weighted by molar-refractivity contribution is 6.31. The second-order valence-electron chi connectivity index (χ2n) is 3.96. The van der Waals surface area contributed by atoms with Crippen molar-refractivity contribution in [1.82, 2.24) is 0 Å². The molecule has 0 aliphatic rings. The van der Waals surface area contributed by atoms with Crippen molar-refractivity contribution in [3.63, 3.8) is 0 Å². The molecule has 0 saturated heterocycles. The minimum atomic E-state index is -0.357. The number of nitrogens with two attached hydrogens (primary N) is 1. The molecule has 2 rings (SSSR count). The highest BCUT2D eigenvalue weighted by atomic mass is 35.5. The number of nitrogen functional groups attached to an aromatic ring is 1.